The molecule has 0 aliphatic carbocycles. The predicted octanol–water partition coefficient (Wildman–Crippen LogP) is 3.99. The van der Waals surface area contributed by atoms with E-state index >= 15 is 0 Å². The van der Waals surface area contributed by atoms with E-state index < -0.39 is 0 Å². The number of anilines is 1. The topological polar surface area (TPSA) is 19.4 Å². The summed E-state index contributed by atoms with van der Waals surface area (Å²) in [4.78, 5) is 8.83. The van der Waals surface area contributed by atoms with Crippen LogP contribution >= 0.6 is 11.3 Å². The maximum atomic E-state index is 14.5. The van der Waals surface area contributed by atoms with Crippen molar-refractivity contribution in [2.45, 2.75) is 0 Å². The number of rotatable bonds is 2. The lowest BCUT2D eigenvalue weighted by Crippen LogP contribution is -2.44. The molecule has 1 saturated heterocycles. The lowest BCUT2D eigenvalue weighted by Gasteiger charge is -2.34. The van der Waals surface area contributed by atoms with Gasteiger partial charge in [0.05, 0.1) is 15.9 Å². The van der Waals surface area contributed by atoms with Gasteiger partial charge in [0.2, 0.25) is 0 Å². The molecule has 24 heavy (non-hydrogen) atoms. The van der Waals surface area contributed by atoms with E-state index in [1.807, 2.05) is 6.07 Å². The van der Waals surface area contributed by atoms with Gasteiger partial charge in [0.15, 0.2) is 0 Å². The monoisotopic (exact) mass is 345 g/mol. The van der Waals surface area contributed by atoms with Gasteiger partial charge in [-0.2, -0.15) is 0 Å². The summed E-state index contributed by atoms with van der Waals surface area (Å²) >= 11 is 1.51. The number of fused-ring (bicyclic) bond motifs is 1. The molecular weight excluding hydrogens is 328 g/mol. The first kappa shape index (κ1) is 15.5. The van der Waals surface area contributed by atoms with Crippen LogP contribution in [0.5, 0.6) is 0 Å². The van der Waals surface area contributed by atoms with E-state index in [-0.39, 0.29) is 11.6 Å². The molecule has 1 aliphatic heterocycles. The van der Waals surface area contributed by atoms with Crippen molar-refractivity contribution < 1.29 is 8.78 Å². The van der Waals surface area contributed by atoms with Crippen molar-refractivity contribution in [1.29, 1.82) is 0 Å². The number of hydrogen-bond donors (Lipinski definition) is 0. The number of hydrogen-bond acceptors (Lipinski definition) is 4. The zero-order chi connectivity index (χ0) is 16.7. The minimum absolute atomic E-state index is 0.233. The van der Waals surface area contributed by atoms with Crippen LogP contribution in [0.1, 0.15) is 0 Å². The average Bonchev–Trinajstić information content (AvgIpc) is 2.98. The van der Waals surface area contributed by atoms with Gasteiger partial charge in [-0.05, 0) is 37.4 Å². The van der Waals surface area contributed by atoms with Crippen LogP contribution in [0.4, 0.5) is 14.5 Å². The van der Waals surface area contributed by atoms with Crippen LogP contribution in [0.2, 0.25) is 0 Å². The van der Waals surface area contributed by atoms with Crippen LogP contribution in [0.15, 0.2) is 36.4 Å². The molecule has 0 bridgehead atoms. The molecule has 124 valence electrons. The predicted molar refractivity (Wildman–Crippen MR) is 94.7 cm³/mol. The van der Waals surface area contributed by atoms with Crippen LogP contribution in [-0.2, 0) is 0 Å². The Balaban J connectivity index is 1.71. The second-order valence-electron chi connectivity index (χ2n) is 6.09. The fraction of sp³-hybridized carbons (Fsp3) is 0.278. The number of benzene rings is 2. The first-order chi connectivity index (χ1) is 11.6. The minimum Gasteiger partial charge on any atom is -0.367 e. The Morgan fingerprint density at radius 2 is 1.71 bits per heavy atom. The van der Waals surface area contributed by atoms with Crippen LogP contribution in [0, 0.1) is 11.6 Å². The SMILES string of the molecule is CN1CCN(c2cc3sc(-c4ccc(F)cc4)nc3cc2F)CC1. The van der Waals surface area contributed by atoms with Crippen molar-refractivity contribution in [3.8, 4) is 10.6 Å². The molecule has 4 rings (SSSR count). The van der Waals surface area contributed by atoms with Gasteiger partial charge in [-0.1, -0.05) is 0 Å². The highest BCUT2D eigenvalue weighted by atomic mass is 32.1. The Kier molecular flexibility index (Phi) is 3.94. The lowest BCUT2D eigenvalue weighted by atomic mass is 10.2. The first-order valence-electron chi connectivity index (χ1n) is 7.90. The van der Waals surface area contributed by atoms with Gasteiger partial charge in [-0.3, -0.25) is 0 Å². The molecule has 0 saturated carbocycles. The van der Waals surface area contributed by atoms with Crippen LogP contribution in [0.3, 0.4) is 0 Å². The maximum absolute atomic E-state index is 14.5. The summed E-state index contributed by atoms with van der Waals surface area (Å²) in [5, 5.41) is 0.778. The Morgan fingerprint density at radius 1 is 1.00 bits per heavy atom. The Hall–Kier alpha value is -2.05. The number of aromatic nitrogens is 1. The van der Waals surface area contributed by atoms with Crippen molar-refractivity contribution in [3.05, 3.63) is 48.0 Å². The molecule has 0 amide bonds. The highest BCUT2D eigenvalue weighted by Crippen LogP contribution is 2.34. The third-order valence-corrected chi connectivity index (χ3v) is 5.46. The molecule has 1 aromatic heterocycles. The van der Waals surface area contributed by atoms with Crippen molar-refractivity contribution in [1.82, 2.24) is 9.88 Å². The standard InChI is InChI=1S/C18H17F2N3S/c1-22-6-8-23(9-7-22)16-11-17-15(10-14(16)20)21-18(24-17)12-2-4-13(19)5-3-12/h2-5,10-11H,6-9H2,1H3. The van der Waals surface area contributed by atoms with E-state index in [0.29, 0.717) is 11.2 Å². The zero-order valence-corrected chi connectivity index (χ0v) is 14.1. The van der Waals surface area contributed by atoms with Gasteiger partial charge < -0.3 is 9.80 Å². The molecule has 1 fully saturated rings. The molecule has 6 heteroatoms. The summed E-state index contributed by atoms with van der Waals surface area (Å²) < 4.78 is 28.5. The normalized spacial score (nSPS) is 16.0. The van der Waals surface area contributed by atoms with Gasteiger partial charge in [0.1, 0.15) is 16.6 Å². The molecule has 2 aromatic carbocycles. The third kappa shape index (κ3) is 2.87. The minimum atomic E-state index is -0.275. The lowest BCUT2D eigenvalue weighted by molar-refractivity contribution is 0.312. The second-order valence-corrected chi connectivity index (χ2v) is 7.12. The molecule has 2 heterocycles. The first-order valence-corrected chi connectivity index (χ1v) is 8.71. The Labute approximate surface area is 143 Å². The molecule has 0 radical (unpaired) electrons. The number of nitrogens with zero attached hydrogens (tertiary/aromatic N) is 3. The van der Waals surface area contributed by atoms with E-state index in [4.69, 9.17) is 0 Å². The molecule has 0 spiro atoms. The van der Waals surface area contributed by atoms with Crippen molar-refractivity contribution in [2.24, 2.45) is 0 Å². The molecule has 3 nitrogen and oxygen atoms in total. The van der Waals surface area contributed by atoms with Crippen LogP contribution in [0.25, 0.3) is 20.8 Å². The Morgan fingerprint density at radius 3 is 2.42 bits per heavy atom. The molecule has 1 aliphatic rings. The Bertz CT molecular complexity index is 868. The molecule has 3 aromatic rings. The van der Waals surface area contributed by atoms with Gasteiger partial charge in [0.25, 0.3) is 0 Å². The third-order valence-electron chi connectivity index (χ3n) is 4.39. The van der Waals surface area contributed by atoms with Crippen molar-refractivity contribution in [3.63, 3.8) is 0 Å². The quantitative estimate of drug-likeness (QED) is 0.700. The highest BCUT2D eigenvalue weighted by Gasteiger charge is 2.19. The summed E-state index contributed by atoms with van der Waals surface area (Å²) in [6.45, 7) is 3.51. The highest BCUT2D eigenvalue weighted by molar-refractivity contribution is 7.21. The van der Waals surface area contributed by atoms with Gasteiger partial charge in [-0.15, -0.1) is 11.3 Å². The molecular formula is C18H17F2N3S. The average molecular weight is 345 g/mol. The summed E-state index contributed by atoms with van der Waals surface area (Å²) in [5.41, 5.74) is 2.14. The van der Waals surface area contributed by atoms with Gasteiger partial charge in [0, 0.05) is 37.8 Å². The second kappa shape index (κ2) is 6.11. The summed E-state index contributed by atoms with van der Waals surface area (Å²) in [6.07, 6.45) is 0. The number of halogens is 2. The van der Waals surface area contributed by atoms with E-state index in [1.165, 1.54) is 29.5 Å². The fourth-order valence-corrected chi connectivity index (χ4v) is 3.93. The summed E-state index contributed by atoms with van der Waals surface area (Å²) in [7, 11) is 2.08. The van der Waals surface area contributed by atoms with Gasteiger partial charge >= 0.3 is 0 Å². The zero-order valence-electron chi connectivity index (χ0n) is 13.3. The van der Waals surface area contributed by atoms with Crippen molar-refractivity contribution in [2.75, 3.05) is 38.1 Å². The van der Waals surface area contributed by atoms with Gasteiger partial charge in [-0.25, -0.2) is 13.8 Å². The number of thiazole rings is 1. The fourth-order valence-electron chi connectivity index (χ4n) is 2.94. The van der Waals surface area contributed by atoms with E-state index in [0.717, 1.165) is 41.5 Å². The van der Waals surface area contributed by atoms with E-state index in [2.05, 4.69) is 21.8 Å². The maximum Gasteiger partial charge on any atom is 0.148 e. The van der Waals surface area contributed by atoms with Crippen LogP contribution in [-0.4, -0.2) is 43.1 Å². The summed E-state index contributed by atoms with van der Waals surface area (Å²) in [5.74, 6) is -0.508. The van der Waals surface area contributed by atoms with E-state index in [9.17, 15) is 8.78 Å². The molecule has 0 atom stereocenters. The smallest absolute Gasteiger partial charge is 0.148 e. The summed E-state index contributed by atoms with van der Waals surface area (Å²) in [6, 6.07) is 9.62. The number of piperazine rings is 1. The number of likely N-dealkylation sites (N-methyl/N-ethyl adjacent to an activating group) is 1. The molecule has 0 N–H and O–H groups in total. The largest absolute Gasteiger partial charge is 0.367 e. The molecule has 0 unspecified atom stereocenters. The van der Waals surface area contributed by atoms with Crippen molar-refractivity contribution >= 4 is 27.2 Å². The van der Waals surface area contributed by atoms with E-state index in [1.54, 1.807) is 12.1 Å². The van der Waals surface area contributed by atoms with Crippen LogP contribution < -0.4 is 4.90 Å².